The topological polar surface area (TPSA) is 112 Å². The van der Waals surface area contributed by atoms with Crippen molar-refractivity contribution in [3.05, 3.63) is 71.3 Å². The maximum Gasteiger partial charge on any atom is 0.341 e. The molecular weight excluding hydrogens is 424 g/mol. The van der Waals surface area contributed by atoms with Crippen LogP contribution in [0.15, 0.2) is 48.9 Å². The summed E-state index contributed by atoms with van der Waals surface area (Å²) in [6.07, 6.45) is 4.29. The third-order valence-electron chi connectivity index (χ3n) is 4.51. The minimum atomic E-state index is -0.637. The molecule has 9 nitrogen and oxygen atoms in total. The highest BCUT2D eigenvalue weighted by molar-refractivity contribution is 6.04. The van der Waals surface area contributed by atoms with Crippen molar-refractivity contribution in [2.24, 2.45) is 0 Å². The molecule has 2 heterocycles. The van der Waals surface area contributed by atoms with E-state index in [1.54, 1.807) is 63.6 Å². The molecule has 33 heavy (non-hydrogen) atoms. The Bertz CT molecular complexity index is 1180. The second kappa shape index (κ2) is 9.64. The Morgan fingerprint density at radius 3 is 2.33 bits per heavy atom. The molecule has 0 aliphatic carbocycles. The predicted molar refractivity (Wildman–Crippen MR) is 122 cm³/mol. The number of nitrogens with zero attached hydrogens (tertiary/aromatic N) is 3. The zero-order chi connectivity index (χ0) is 24.2. The minimum Gasteiger partial charge on any atom is -0.462 e. The van der Waals surface area contributed by atoms with Crippen LogP contribution in [0.1, 0.15) is 64.5 Å². The number of carbonyl (C=O) groups excluding carboxylic acids is 3. The van der Waals surface area contributed by atoms with Crippen molar-refractivity contribution in [1.82, 2.24) is 14.8 Å². The summed E-state index contributed by atoms with van der Waals surface area (Å²) in [6, 6.07) is 8.23. The molecule has 0 atom stereocenters. The summed E-state index contributed by atoms with van der Waals surface area (Å²) in [5, 5.41) is 6.97. The van der Waals surface area contributed by atoms with E-state index in [4.69, 9.17) is 9.47 Å². The molecule has 3 aromatic rings. The van der Waals surface area contributed by atoms with Gasteiger partial charge in [-0.2, -0.15) is 5.10 Å². The van der Waals surface area contributed by atoms with Crippen molar-refractivity contribution in [3.8, 4) is 5.69 Å². The minimum absolute atomic E-state index is 0.240. The number of benzene rings is 1. The van der Waals surface area contributed by atoms with Crippen LogP contribution in [0.25, 0.3) is 5.69 Å². The van der Waals surface area contributed by atoms with Gasteiger partial charge in [0.2, 0.25) is 0 Å². The van der Waals surface area contributed by atoms with Gasteiger partial charge >= 0.3 is 11.9 Å². The molecule has 1 aromatic carbocycles. The third-order valence-corrected chi connectivity index (χ3v) is 4.51. The Labute approximate surface area is 191 Å². The standard InChI is InChI=1S/C24H26N4O5/c1-6-32-23(31)20-14-26-28(15(20)2)19-9-7-16(8-10-19)21(29)27-18-11-17(12-25-13-18)22(30)33-24(3,4)5/h7-14H,6H2,1-5H3,(H,27,29). The molecule has 1 amide bonds. The molecule has 9 heteroatoms. The number of amides is 1. The molecule has 0 radical (unpaired) electrons. The lowest BCUT2D eigenvalue weighted by atomic mass is 10.1. The smallest absolute Gasteiger partial charge is 0.341 e. The van der Waals surface area contributed by atoms with Crippen LogP contribution in [0.5, 0.6) is 0 Å². The van der Waals surface area contributed by atoms with E-state index in [-0.39, 0.29) is 18.1 Å². The van der Waals surface area contributed by atoms with Crippen LogP contribution in [-0.4, -0.2) is 44.8 Å². The number of aromatic nitrogens is 3. The van der Waals surface area contributed by atoms with Crippen LogP contribution in [0.4, 0.5) is 5.69 Å². The molecule has 3 rings (SSSR count). The maximum absolute atomic E-state index is 12.7. The van der Waals surface area contributed by atoms with Gasteiger partial charge < -0.3 is 14.8 Å². The number of ether oxygens (including phenoxy) is 2. The zero-order valence-electron chi connectivity index (χ0n) is 19.2. The molecule has 0 bridgehead atoms. The molecule has 0 saturated heterocycles. The van der Waals surface area contributed by atoms with Crippen molar-refractivity contribution in [1.29, 1.82) is 0 Å². The van der Waals surface area contributed by atoms with E-state index in [1.807, 2.05) is 0 Å². The Morgan fingerprint density at radius 2 is 1.70 bits per heavy atom. The van der Waals surface area contributed by atoms with E-state index in [1.165, 1.54) is 24.7 Å². The van der Waals surface area contributed by atoms with Gasteiger partial charge in [-0.05, 0) is 65.0 Å². The number of esters is 2. The SMILES string of the molecule is CCOC(=O)c1cnn(-c2ccc(C(=O)Nc3cncc(C(=O)OC(C)(C)C)c3)cc2)c1C. The van der Waals surface area contributed by atoms with Gasteiger partial charge in [-0.3, -0.25) is 9.78 Å². The number of nitrogens with one attached hydrogen (secondary N) is 1. The molecule has 1 N–H and O–H groups in total. The summed E-state index contributed by atoms with van der Waals surface area (Å²) in [5.74, 6) is -1.32. The van der Waals surface area contributed by atoms with E-state index in [0.29, 0.717) is 28.2 Å². The maximum atomic E-state index is 12.7. The number of carbonyl (C=O) groups is 3. The van der Waals surface area contributed by atoms with Crippen LogP contribution >= 0.6 is 0 Å². The van der Waals surface area contributed by atoms with Gasteiger partial charge in [0.25, 0.3) is 5.91 Å². The van der Waals surface area contributed by atoms with Crippen molar-refractivity contribution in [2.45, 2.75) is 40.2 Å². The second-order valence-electron chi connectivity index (χ2n) is 8.24. The second-order valence-corrected chi connectivity index (χ2v) is 8.24. The fourth-order valence-corrected chi connectivity index (χ4v) is 2.99. The zero-order valence-corrected chi connectivity index (χ0v) is 19.2. The summed E-state index contributed by atoms with van der Waals surface area (Å²) >= 11 is 0. The number of anilines is 1. The monoisotopic (exact) mass is 450 g/mol. The number of hydrogen-bond acceptors (Lipinski definition) is 7. The number of rotatable bonds is 6. The summed E-state index contributed by atoms with van der Waals surface area (Å²) < 4.78 is 12.0. The summed E-state index contributed by atoms with van der Waals surface area (Å²) in [4.78, 5) is 40.9. The summed E-state index contributed by atoms with van der Waals surface area (Å²) in [6.45, 7) is 9.11. The van der Waals surface area contributed by atoms with E-state index >= 15 is 0 Å². The van der Waals surface area contributed by atoms with Gasteiger partial charge in [0.1, 0.15) is 11.2 Å². The molecule has 0 saturated carbocycles. The molecule has 0 fully saturated rings. The lowest BCUT2D eigenvalue weighted by Gasteiger charge is -2.19. The number of hydrogen-bond donors (Lipinski definition) is 1. The molecule has 0 unspecified atom stereocenters. The van der Waals surface area contributed by atoms with Crippen LogP contribution in [0, 0.1) is 6.92 Å². The van der Waals surface area contributed by atoms with Crippen molar-refractivity contribution in [2.75, 3.05) is 11.9 Å². The van der Waals surface area contributed by atoms with Crippen LogP contribution in [0.2, 0.25) is 0 Å². The van der Waals surface area contributed by atoms with E-state index in [9.17, 15) is 14.4 Å². The lowest BCUT2D eigenvalue weighted by molar-refractivity contribution is 0.00687. The first-order chi connectivity index (χ1) is 15.6. The highest BCUT2D eigenvalue weighted by Gasteiger charge is 2.19. The van der Waals surface area contributed by atoms with E-state index in [0.717, 1.165) is 0 Å². The van der Waals surface area contributed by atoms with Gasteiger partial charge in [-0.15, -0.1) is 0 Å². The molecule has 0 aliphatic heterocycles. The molecule has 0 spiro atoms. The molecule has 172 valence electrons. The normalized spacial score (nSPS) is 11.1. The lowest BCUT2D eigenvalue weighted by Crippen LogP contribution is -2.24. The van der Waals surface area contributed by atoms with E-state index in [2.05, 4.69) is 15.4 Å². The van der Waals surface area contributed by atoms with Crippen LogP contribution in [0.3, 0.4) is 0 Å². The summed E-state index contributed by atoms with van der Waals surface area (Å²) in [5.41, 5.74) is 2.08. The van der Waals surface area contributed by atoms with Gasteiger partial charge in [0.15, 0.2) is 0 Å². The highest BCUT2D eigenvalue weighted by atomic mass is 16.6. The van der Waals surface area contributed by atoms with Gasteiger partial charge in [0.05, 0.1) is 41.6 Å². The Kier molecular flexibility index (Phi) is 6.91. The molecule has 2 aromatic heterocycles. The largest absolute Gasteiger partial charge is 0.462 e. The van der Waals surface area contributed by atoms with Crippen molar-refractivity contribution < 1.29 is 23.9 Å². The Morgan fingerprint density at radius 1 is 1.00 bits per heavy atom. The molecular formula is C24H26N4O5. The van der Waals surface area contributed by atoms with Gasteiger partial charge in [0, 0.05) is 11.8 Å². The number of pyridine rings is 1. The Hall–Kier alpha value is -4.01. The van der Waals surface area contributed by atoms with Crippen LogP contribution < -0.4 is 5.32 Å². The highest BCUT2D eigenvalue weighted by Crippen LogP contribution is 2.18. The average molecular weight is 450 g/mol. The predicted octanol–water partition coefficient (Wildman–Crippen LogP) is 3.96. The first kappa shape index (κ1) is 23.6. The first-order valence-electron chi connectivity index (χ1n) is 10.4. The summed E-state index contributed by atoms with van der Waals surface area (Å²) in [7, 11) is 0. The Balaban J connectivity index is 1.72. The van der Waals surface area contributed by atoms with E-state index < -0.39 is 17.5 Å². The van der Waals surface area contributed by atoms with Gasteiger partial charge in [-0.1, -0.05) is 0 Å². The fourth-order valence-electron chi connectivity index (χ4n) is 2.99. The molecule has 0 aliphatic rings. The van der Waals surface area contributed by atoms with Crippen molar-refractivity contribution in [3.63, 3.8) is 0 Å². The average Bonchev–Trinajstić information content (AvgIpc) is 3.14. The first-order valence-corrected chi connectivity index (χ1v) is 10.4. The fraction of sp³-hybridized carbons (Fsp3) is 0.292. The van der Waals surface area contributed by atoms with Gasteiger partial charge in [-0.25, -0.2) is 14.3 Å². The quantitative estimate of drug-likeness (QED) is 0.566. The van der Waals surface area contributed by atoms with Crippen LogP contribution in [-0.2, 0) is 9.47 Å². The third kappa shape index (κ3) is 5.82. The van der Waals surface area contributed by atoms with Crippen molar-refractivity contribution >= 4 is 23.5 Å².